The molecule has 4 nitrogen and oxygen atoms in total. The predicted octanol–water partition coefficient (Wildman–Crippen LogP) is 3.18. The molecule has 1 N–H and O–H groups in total. The van der Waals surface area contributed by atoms with Crippen molar-refractivity contribution in [3.8, 4) is 0 Å². The topological polar surface area (TPSA) is 49.8 Å². The van der Waals surface area contributed by atoms with Crippen LogP contribution in [-0.2, 0) is 4.74 Å². The third-order valence-electron chi connectivity index (χ3n) is 3.73. The van der Waals surface area contributed by atoms with E-state index >= 15 is 0 Å². The Hall–Kier alpha value is -0.770. The zero-order valence-electron chi connectivity index (χ0n) is 12.8. The van der Waals surface area contributed by atoms with Gasteiger partial charge in [-0.3, -0.25) is 0 Å². The average Bonchev–Trinajstić information content (AvgIpc) is 2.77. The van der Waals surface area contributed by atoms with Gasteiger partial charge in [0.25, 0.3) is 0 Å². The first-order valence-corrected chi connectivity index (χ1v) is 7.49. The molecule has 1 heterocycles. The van der Waals surface area contributed by atoms with Gasteiger partial charge in [-0.15, -0.1) is 0 Å². The van der Waals surface area contributed by atoms with Crippen LogP contribution in [0.4, 0.5) is 4.79 Å². The lowest BCUT2D eigenvalue weighted by Gasteiger charge is -2.33. The maximum Gasteiger partial charge on any atom is 0.410 e. The first-order chi connectivity index (χ1) is 8.89. The molecular formula is C15H29NO3. The summed E-state index contributed by atoms with van der Waals surface area (Å²) in [6, 6.07) is 0.284. The molecule has 0 aromatic rings. The third kappa shape index (κ3) is 5.01. The molecule has 1 rings (SSSR count). The van der Waals surface area contributed by atoms with E-state index in [2.05, 4.69) is 6.92 Å². The Labute approximate surface area is 117 Å². The van der Waals surface area contributed by atoms with E-state index in [1.165, 1.54) is 0 Å². The molecule has 1 aliphatic heterocycles. The quantitative estimate of drug-likeness (QED) is 0.835. The van der Waals surface area contributed by atoms with Gasteiger partial charge in [0.15, 0.2) is 0 Å². The number of amides is 1. The number of carbonyl (C=O) groups excluding carboxylic acids is 1. The van der Waals surface area contributed by atoms with Crippen molar-refractivity contribution in [2.45, 2.75) is 71.4 Å². The summed E-state index contributed by atoms with van der Waals surface area (Å²) < 4.78 is 5.49. The molecule has 0 aromatic carbocycles. The van der Waals surface area contributed by atoms with Gasteiger partial charge in [0.05, 0.1) is 0 Å². The summed E-state index contributed by atoms with van der Waals surface area (Å²) in [5.74, 6) is 0.474. The zero-order chi connectivity index (χ0) is 14.5. The number of ether oxygens (including phenoxy) is 1. The van der Waals surface area contributed by atoms with Crippen molar-refractivity contribution in [3.05, 3.63) is 0 Å². The Bertz CT molecular complexity index is 286. The molecule has 0 bridgehead atoms. The summed E-state index contributed by atoms with van der Waals surface area (Å²) in [6.07, 6.45) is 4.78. The summed E-state index contributed by atoms with van der Waals surface area (Å²) in [5.41, 5.74) is -0.433. The van der Waals surface area contributed by atoms with E-state index < -0.39 is 5.60 Å². The van der Waals surface area contributed by atoms with E-state index in [0.29, 0.717) is 5.92 Å². The van der Waals surface area contributed by atoms with Gasteiger partial charge in [0.2, 0.25) is 0 Å². The molecule has 0 spiro atoms. The Morgan fingerprint density at radius 3 is 2.68 bits per heavy atom. The third-order valence-corrected chi connectivity index (χ3v) is 3.73. The minimum absolute atomic E-state index is 0.183. The van der Waals surface area contributed by atoms with Crippen LogP contribution in [0.25, 0.3) is 0 Å². The normalized spacial score (nSPS) is 21.5. The SMILES string of the molecule is CCC(CCCO)C1CCCN1C(=O)OC(C)(C)C. The van der Waals surface area contributed by atoms with Gasteiger partial charge in [0, 0.05) is 19.2 Å². The smallest absolute Gasteiger partial charge is 0.410 e. The number of aliphatic hydroxyl groups is 1. The van der Waals surface area contributed by atoms with E-state index in [4.69, 9.17) is 9.84 Å². The highest BCUT2D eigenvalue weighted by Crippen LogP contribution is 2.30. The number of rotatable bonds is 5. The van der Waals surface area contributed by atoms with E-state index in [-0.39, 0.29) is 18.7 Å². The zero-order valence-corrected chi connectivity index (χ0v) is 12.8. The van der Waals surface area contributed by atoms with Crippen LogP contribution in [0, 0.1) is 5.92 Å². The van der Waals surface area contributed by atoms with Crippen molar-refractivity contribution in [3.63, 3.8) is 0 Å². The molecule has 0 radical (unpaired) electrons. The van der Waals surface area contributed by atoms with E-state index in [0.717, 1.165) is 38.6 Å². The Balaban J connectivity index is 2.63. The standard InChI is InChI=1S/C15H29NO3/c1-5-12(8-7-11-17)13-9-6-10-16(13)14(18)19-15(2,3)4/h12-13,17H,5-11H2,1-4H3. The van der Waals surface area contributed by atoms with Gasteiger partial charge in [-0.25, -0.2) is 4.79 Å². The van der Waals surface area contributed by atoms with Crippen LogP contribution in [-0.4, -0.2) is 40.9 Å². The van der Waals surface area contributed by atoms with Gasteiger partial charge >= 0.3 is 6.09 Å². The molecule has 1 amide bonds. The highest BCUT2D eigenvalue weighted by molar-refractivity contribution is 5.69. The predicted molar refractivity (Wildman–Crippen MR) is 76.1 cm³/mol. The summed E-state index contributed by atoms with van der Waals surface area (Å²) in [7, 11) is 0. The summed E-state index contributed by atoms with van der Waals surface area (Å²) in [4.78, 5) is 14.1. The lowest BCUT2D eigenvalue weighted by Crippen LogP contribution is -2.43. The molecule has 0 saturated carbocycles. The molecule has 4 heteroatoms. The summed E-state index contributed by atoms with van der Waals surface area (Å²) in [5, 5.41) is 8.98. The Morgan fingerprint density at radius 2 is 2.16 bits per heavy atom. The second-order valence-electron chi connectivity index (χ2n) is 6.42. The highest BCUT2D eigenvalue weighted by atomic mass is 16.6. The lowest BCUT2D eigenvalue weighted by atomic mass is 9.90. The fourth-order valence-electron chi connectivity index (χ4n) is 2.85. The average molecular weight is 271 g/mol. The minimum atomic E-state index is -0.433. The van der Waals surface area contributed by atoms with Gasteiger partial charge in [-0.2, -0.15) is 0 Å². The van der Waals surface area contributed by atoms with E-state index in [9.17, 15) is 4.79 Å². The van der Waals surface area contributed by atoms with Crippen molar-refractivity contribution >= 4 is 6.09 Å². The fraction of sp³-hybridized carbons (Fsp3) is 0.933. The molecule has 2 unspecified atom stereocenters. The number of carbonyl (C=O) groups is 1. The number of nitrogens with zero attached hydrogens (tertiary/aromatic N) is 1. The molecule has 1 aliphatic rings. The molecule has 112 valence electrons. The van der Waals surface area contributed by atoms with Crippen LogP contribution in [0.3, 0.4) is 0 Å². The van der Waals surface area contributed by atoms with Crippen LogP contribution in [0.2, 0.25) is 0 Å². The maximum absolute atomic E-state index is 12.2. The largest absolute Gasteiger partial charge is 0.444 e. The first kappa shape index (κ1) is 16.3. The first-order valence-electron chi connectivity index (χ1n) is 7.49. The second kappa shape index (κ2) is 7.13. The molecule has 19 heavy (non-hydrogen) atoms. The Kier molecular flexibility index (Phi) is 6.11. The number of hydrogen-bond acceptors (Lipinski definition) is 3. The number of hydrogen-bond donors (Lipinski definition) is 1. The van der Waals surface area contributed by atoms with Crippen molar-refractivity contribution in [2.24, 2.45) is 5.92 Å². The van der Waals surface area contributed by atoms with Crippen molar-refractivity contribution in [1.82, 2.24) is 4.90 Å². The van der Waals surface area contributed by atoms with Gasteiger partial charge in [0.1, 0.15) is 5.60 Å². The van der Waals surface area contributed by atoms with Crippen molar-refractivity contribution < 1.29 is 14.6 Å². The molecule has 0 aromatic heterocycles. The fourth-order valence-corrected chi connectivity index (χ4v) is 2.85. The number of aliphatic hydroxyl groups excluding tert-OH is 1. The monoisotopic (exact) mass is 271 g/mol. The lowest BCUT2D eigenvalue weighted by molar-refractivity contribution is 0.0167. The molecular weight excluding hydrogens is 242 g/mol. The van der Waals surface area contributed by atoms with Gasteiger partial charge in [-0.05, 0) is 52.4 Å². The van der Waals surface area contributed by atoms with Gasteiger partial charge in [-0.1, -0.05) is 13.3 Å². The summed E-state index contributed by atoms with van der Waals surface area (Å²) >= 11 is 0. The van der Waals surface area contributed by atoms with E-state index in [1.54, 1.807) is 0 Å². The van der Waals surface area contributed by atoms with Crippen LogP contribution in [0.1, 0.15) is 59.8 Å². The highest BCUT2D eigenvalue weighted by Gasteiger charge is 2.35. The van der Waals surface area contributed by atoms with Crippen LogP contribution in [0.15, 0.2) is 0 Å². The van der Waals surface area contributed by atoms with Gasteiger partial charge < -0.3 is 14.7 Å². The van der Waals surface area contributed by atoms with Crippen LogP contribution < -0.4 is 0 Å². The molecule has 1 saturated heterocycles. The number of likely N-dealkylation sites (tertiary alicyclic amines) is 1. The summed E-state index contributed by atoms with van der Waals surface area (Å²) in [6.45, 7) is 8.90. The molecule has 1 fully saturated rings. The maximum atomic E-state index is 12.2. The molecule has 0 aliphatic carbocycles. The van der Waals surface area contributed by atoms with Crippen LogP contribution >= 0.6 is 0 Å². The Morgan fingerprint density at radius 1 is 1.47 bits per heavy atom. The van der Waals surface area contributed by atoms with Crippen LogP contribution in [0.5, 0.6) is 0 Å². The van der Waals surface area contributed by atoms with E-state index in [1.807, 2.05) is 25.7 Å². The molecule has 2 atom stereocenters. The minimum Gasteiger partial charge on any atom is -0.444 e. The van der Waals surface area contributed by atoms with Crippen molar-refractivity contribution in [1.29, 1.82) is 0 Å². The second-order valence-corrected chi connectivity index (χ2v) is 6.42. The van der Waals surface area contributed by atoms with Crippen molar-refractivity contribution in [2.75, 3.05) is 13.2 Å².